The first-order chi connectivity index (χ1) is 13.3. The Hall–Kier alpha value is -1.98. The van der Waals surface area contributed by atoms with E-state index < -0.39 is 10.0 Å². The smallest absolute Gasteiger partial charge is 0.257 e. The van der Waals surface area contributed by atoms with Gasteiger partial charge in [0, 0.05) is 15.1 Å². The number of nitrogens with zero attached hydrogens (tertiary/aromatic N) is 1. The maximum atomic E-state index is 13.1. The zero-order valence-electron chi connectivity index (χ0n) is 14.6. The van der Waals surface area contributed by atoms with E-state index in [9.17, 15) is 8.42 Å². The lowest BCUT2D eigenvalue weighted by Crippen LogP contribution is -2.28. The molecule has 0 atom stereocenters. The van der Waals surface area contributed by atoms with Crippen molar-refractivity contribution in [1.29, 1.82) is 0 Å². The van der Waals surface area contributed by atoms with Crippen molar-refractivity contribution in [1.82, 2.24) is 0 Å². The monoisotopic (exact) mass is 451 g/mol. The second-order valence-electron chi connectivity index (χ2n) is 6.02. The van der Waals surface area contributed by atoms with Gasteiger partial charge in [0.25, 0.3) is 10.0 Å². The Balaban J connectivity index is 1.99. The highest BCUT2D eigenvalue weighted by molar-refractivity contribution is 7.95. The molecule has 0 heterocycles. The molecule has 0 aliphatic carbocycles. The van der Waals surface area contributed by atoms with Crippen LogP contribution in [0.1, 0.15) is 11.1 Å². The van der Waals surface area contributed by atoms with Crippen LogP contribution in [-0.2, 0) is 16.6 Å². The number of benzene rings is 3. The van der Waals surface area contributed by atoms with E-state index in [1.807, 2.05) is 6.07 Å². The first-order valence-electron chi connectivity index (χ1n) is 8.30. The van der Waals surface area contributed by atoms with Crippen molar-refractivity contribution in [2.24, 2.45) is 0 Å². The average Bonchev–Trinajstić information content (AvgIpc) is 2.65. The Morgan fingerprint density at radius 2 is 1.39 bits per heavy atom. The molecule has 28 heavy (non-hydrogen) atoms. The first-order valence-corrected chi connectivity index (χ1v) is 10.9. The zero-order valence-corrected chi connectivity index (χ0v) is 17.7. The molecule has 3 nitrogen and oxygen atoms in total. The highest BCUT2D eigenvalue weighted by atomic mass is 35.5. The van der Waals surface area contributed by atoms with E-state index in [0.29, 0.717) is 26.3 Å². The van der Waals surface area contributed by atoms with Crippen molar-refractivity contribution >= 4 is 56.6 Å². The van der Waals surface area contributed by atoms with Crippen LogP contribution < -0.4 is 4.31 Å². The maximum absolute atomic E-state index is 13.1. The molecule has 0 saturated heterocycles. The van der Waals surface area contributed by atoms with Crippen molar-refractivity contribution < 1.29 is 8.42 Å². The number of rotatable bonds is 6. The Labute approximate surface area is 179 Å². The molecule has 0 radical (unpaired) electrons. The molecule has 0 amide bonds. The molecular weight excluding hydrogens is 437 g/mol. The summed E-state index contributed by atoms with van der Waals surface area (Å²) in [4.78, 5) is 0. The lowest BCUT2D eigenvalue weighted by Gasteiger charge is -2.23. The van der Waals surface area contributed by atoms with E-state index in [2.05, 4.69) is 0 Å². The van der Waals surface area contributed by atoms with E-state index in [-0.39, 0.29) is 6.54 Å². The normalized spacial score (nSPS) is 11.7. The van der Waals surface area contributed by atoms with Crippen LogP contribution in [0.2, 0.25) is 15.1 Å². The van der Waals surface area contributed by atoms with Crippen LogP contribution in [-0.4, -0.2) is 8.42 Å². The summed E-state index contributed by atoms with van der Waals surface area (Å²) in [7, 11) is -3.81. The molecule has 0 aliphatic heterocycles. The molecule has 0 bridgehead atoms. The molecule has 0 fully saturated rings. The molecule has 0 aromatic heterocycles. The third-order valence-electron chi connectivity index (χ3n) is 3.90. The molecule has 144 valence electrons. The Kier molecular flexibility index (Phi) is 6.68. The van der Waals surface area contributed by atoms with E-state index in [0.717, 1.165) is 11.0 Å². The molecule has 0 unspecified atom stereocenters. The molecule has 3 rings (SSSR count). The van der Waals surface area contributed by atoms with Crippen molar-refractivity contribution in [3.8, 4) is 0 Å². The maximum Gasteiger partial charge on any atom is 0.257 e. The van der Waals surface area contributed by atoms with Crippen LogP contribution in [0.15, 0.2) is 78.2 Å². The van der Waals surface area contributed by atoms with Gasteiger partial charge in [-0.1, -0.05) is 65.1 Å². The highest BCUT2D eigenvalue weighted by Crippen LogP contribution is 2.26. The summed E-state index contributed by atoms with van der Waals surface area (Å²) in [6.07, 6.45) is 1.51. The van der Waals surface area contributed by atoms with Gasteiger partial charge in [0.1, 0.15) is 0 Å². The van der Waals surface area contributed by atoms with Gasteiger partial charge in [-0.25, -0.2) is 8.42 Å². The van der Waals surface area contributed by atoms with E-state index >= 15 is 0 Å². The van der Waals surface area contributed by atoms with Gasteiger partial charge in [-0.3, -0.25) is 4.31 Å². The first kappa shape index (κ1) is 20.7. The summed E-state index contributed by atoms with van der Waals surface area (Å²) in [6.45, 7) is 0.114. The Morgan fingerprint density at radius 3 is 2.04 bits per heavy atom. The predicted molar refractivity (Wildman–Crippen MR) is 118 cm³/mol. The second-order valence-corrected chi connectivity index (χ2v) is 9.07. The molecule has 7 heteroatoms. The topological polar surface area (TPSA) is 37.4 Å². The van der Waals surface area contributed by atoms with Crippen LogP contribution >= 0.6 is 34.8 Å². The van der Waals surface area contributed by atoms with Crippen LogP contribution in [0.25, 0.3) is 6.08 Å². The van der Waals surface area contributed by atoms with Crippen LogP contribution in [0.4, 0.5) is 5.69 Å². The van der Waals surface area contributed by atoms with Crippen molar-refractivity contribution in [3.05, 3.63) is 104 Å². The largest absolute Gasteiger partial charge is 0.262 e. The molecule has 0 spiro atoms. The van der Waals surface area contributed by atoms with E-state index in [4.69, 9.17) is 34.8 Å². The minimum absolute atomic E-state index is 0.114. The molecule has 0 saturated carbocycles. The number of hydrogen-bond acceptors (Lipinski definition) is 2. The number of halogens is 3. The van der Waals surface area contributed by atoms with Gasteiger partial charge >= 0.3 is 0 Å². The summed E-state index contributed by atoms with van der Waals surface area (Å²) in [5.74, 6) is 0. The minimum Gasteiger partial charge on any atom is -0.262 e. The summed E-state index contributed by atoms with van der Waals surface area (Å²) >= 11 is 18.1. The van der Waals surface area contributed by atoms with Crippen LogP contribution in [0.5, 0.6) is 0 Å². The SMILES string of the molecule is O=S(=O)(/C=C/c1cccc(Cl)c1)N(Cc1cccc(Cl)c1)c1cccc(Cl)c1. The lowest BCUT2D eigenvalue weighted by atomic mass is 10.2. The van der Waals surface area contributed by atoms with Gasteiger partial charge in [0.05, 0.1) is 17.6 Å². The van der Waals surface area contributed by atoms with Gasteiger partial charge in [0.15, 0.2) is 0 Å². The highest BCUT2D eigenvalue weighted by Gasteiger charge is 2.21. The quantitative estimate of drug-likeness (QED) is 0.419. The van der Waals surface area contributed by atoms with Crippen molar-refractivity contribution in [3.63, 3.8) is 0 Å². The van der Waals surface area contributed by atoms with Crippen LogP contribution in [0.3, 0.4) is 0 Å². The molecule has 0 aliphatic rings. The van der Waals surface area contributed by atoms with E-state index in [1.54, 1.807) is 66.7 Å². The third kappa shape index (κ3) is 5.52. The van der Waals surface area contributed by atoms with Gasteiger partial charge in [-0.05, 0) is 59.7 Å². The fourth-order valence-corrected chi connectivity index (χ4v) is 4.42. The minimum atomic E-state index is -3.81. The summed E-state index contributed by atoms with van der Waals surface area (Å²) in [6, 6.07) is 20.7. The van der Waals surface area contributed by atoms with Gasteiger partial charge in [0.2, 0.25) is 0 Å². The standard InChI is InChI=1S/C21H16Cl3NO2S/c22-18-6-1-4-16(12-18)10-11-28(26,27)25(21-9-3-8-20(24)14-21)15-17-5-2-7-19(23)13-17/h1-14H,15H2/b11-10+. The fraction of sp³-hybridized carbons (Fsp3) is 0.0476. The molecule has 0 N–H and O–H groups in total. The Bertz CT molecular complexity index is 1110. The van der Waals surface area contributed by atoms with Gasteiger partial charge in [-0.15, -0.1) is 0 Å². The average molecular weight is 453 g/mol. The second kappa shape index (κ2) is 9.01. The molecular formula is C21H16Cl3NO2S. The van der Waals surface area contributed by atoms with E-state index in [1.165, 1.54) is 10.4 Å². The van der Waals surface area contributed by atoms with Gasteiger partial charge in [-0.2, -0.15) is 0 Å². The predicted octanol–water partition coefficient (Wildman–Crippen LogP) is 6.65. The summed E-state index contributed by atoms with van der Waals surface area (Å²) in [5.41, 5.74) is 1.90. The van der Waals surface area contributed by atoms with Crippen LogP contribution in [0, 0.1) is 0 Å². The fourth-order valence-electron chi connectivity index (χ4n) is 2.61. The van der Waals surface area contributed by atoms with Crippen molar-refractivity contribution in [2.45, 2.75) is 6.54 Å². The third-order valence-corrected chi connectivity index (χ3v) is 6.04. The zero-order chi connectivity index (χ0) is 20.1. The number of hydrogen-bond donors (Lipinski definition) is 0. The number of anilines is 1. The number of sulfonamides is 1. The van der Waals surface area contributed by atoms with Crippen molar-refractivity contribution in [2.75, 3.05) is 4.31 Å². The van der Waals surface area contributed by atoms with Gasteiger partial charge < -0.3 is 0 Å². The lowest BCUT2D eigenvalue weighted by molar-refractivity contribution is 0.599. The summed E-state index contributed by atoms with van der Waals surface area (Å²) < 4.78 is 27.5. The molecule has 3 aromatic rings. The summed E-state index contributed by atoms with van der Waals surface area (Å²) in [5, 5.41) is 2.67. The Morgan fingerprint density at radius 1 is 0.786 bits per heavy atom. The molecule has 3 aromatic carbocycles.